The van der Waals surface area contributed by atoms with E-state index in [1.54, 1.807) is 28.9 Å². The molecule has 4 heterocycles. The molecule has 0 unspecified atom stereocenters. The summed E-state index contributed by atoms with van der Waals surface area (Å²) in [4.78, 5) is 18.4. The van der Waals surface area contributed by atoms with E-state index in [-0.39, 0.29) is 5.91 Å². The molecule has 118 valence electrons. The molecule has 1 aliphatic rings. The van der Waals surface area contributed by atoms with Gasteiger partial charge in [-0.15, -0.1) is 22.7 Å². The number of hydrogen-bond donors (Lipinski definition) is 1. The Kier molecular flexibility index (Phi) is 4.24. The molecule has 0 bridgehead atoms. The smallest absolute Gasteiger partial charge is 0.254 e. The number of thioether (sulfide) groups is 1. The van der Waals surface area contributed by atoms with E-state index < -0.39 is 0 Å². The minimum absolute atomic E-state index is 0.00769. The monoisotopic (exact) mass is 361 g/mol. The highest BCUT2D eigenvalue weighted by atomic mass is 32.2. The molecule has 0 saturated heterocycles. The number of carbonyl (C=O) groups excluding carboxylic acids is 1. The average molecular weight is 362 g/mol. The molecule has 0 aliphatic carbocycles. The first-order valence-corrected chi connectivity index (χ1v) is 10.2. The molecule has 0 saturated carbocycles. The molecule has 4 nitrogen and oxygen atoms in total. The first-order valence-electron chi connectivity index (χ1n) is 7.35. The molecule has 7 heteroatoms. The van der Waals surface area contributed by atoms with Crippen molar-refractivity contribution in [2.75, 3.05) is 5.75 Å². The number of hydrogen-bond acceptors (Lipinski definition) is 5. The second-order valence-corrected chi connectivity index (χ2v) is 8.35. The van der Waals surface area contributed by atoms with Gasteiger partial charge in [0, 0.05) is 34.6 Å². The number of nitrogens with one attached hydrogen (secondary N) is 1. The number of thiophene rings is 1. The summed E-state index contributed by atoms with van der Waals surface area (Å²) >= 11 is 5.24. The number of thiazole rings is 1. The van der Waals surface area contributed by atoms with E-state index in [0.29, 0.717) is 6.54 Å². The van der Waals surface area contributed by atoms with Crippen LogP contribution in [0.4, 0.5) is 0 Å². The Hall–Kier alpha value is -1.57. The van der Waals surface area contributed by atoms with Gasteiger partial charge in [0.05, 0.1) is 12.1 Å². The highest BCUT2D eigenvalue weighted by molar-refractivity contribution is 7.98. The fraction of sp³-hybridized carbons (Fsp3) is 0.250. The van der Waals surface area contributed by atoms with Crippen LogP contribution in [0.2, 0.25) is 0 Å². The standard InChI is InChI=1S/C16H15N3OS3/c20-15(18-9-13-17-4-8-22-13)14-11-3-7-21-10-12(11)23-16(14)19-5-1-2-6-19/h1-2,4-6,8H,3,7,9-10H2,(H,18,20). The van der Waals surface area contributed by atoms with Gasteiger partial charge in [0.15, 0.2) is 0 Å². The van der Waals surface area contributed by atoms with Crippen molar-refractivity contribution in [3.8, 4) is 5.00 Å². The van der Waals surface area contributed by atoms with E-state index in [4.69, 9.17) is 0 Å². The van der Waals surface area contributed by atoms with Gasteiger partial charge in [-0.3, -0.25) is 4.79 Å². The summed E-state index contributed by atoms with van der Waals surface area (Å²) in [5.41, 5.74) is 2.08. The summed E-state index contributed by atoms with van der Waals surface area (Å²) in [6.45, 7) is 0.487. The Morgan fingerprint density at radius 2 is 2.22 bits per heavy atom. The van der Waals surface area contributed by atoms with Gasteiger partial charge in [-0.05, 0) is 29.9 Å². The summed E-state index contributed by atoms with van der Waals surface area (Å²) in [7, 11) is 0. The maximum absolute atomic E-state index is 12.8. The normalized spacial score (nSPS) is 13.7. The predicted octanol–water partition coefficient (Wildman–Crippen LogP) is 3.71. The number of amides is 1. The van der Waals surface area contributed by atoms with E-state index in [1.807, 2.05) is 46.2 Å². The van der Waals surface area contributed by atoms with Gasteiger partial charge in [0.2, 0.25) is 0 Å². The van der Waals surface area contributed by atoms with Crippen LogP contribution in [0.1, 0.15) is 25.8 Å². The van der Waals surface area contributed by atoms with E-state index in [1.165, 1.54) is 10.4 Å². The van der Waals surface area contributed by atoms with Crippen molar-refractivity contribution in [2.24, 2.45) is 0 Å². The van der Waals surface area contributed by atoms with Crippen molar-refractivity contribution in [1.82, 2.24) is 14.9 Å². The zero-order valence-electron chi connectivity index (χ0n) is 12.3. The Labute approximate surface area is 146 Å². The quantitative estimate of drug-likeness (QED) is 0.770. The van der Waals surface area contributed by atoms with Gasteiger partial charge < -0.3 is 9.88 Å². The minimum atomic E-state index is 0.00769. The van der Waals surface area contributed by atoms with Crippen LogP contribution in [0.15, 0.2) is 36.1 Å². The van der Waals surface area contributed by atoms with Crippen LogP contribution in [-0.2, 0) is 18.7 Å². The summed E-state index contributed by atoms with van der Waals surface area (Å²) in [6, 6.07) is 3.98. The molecule has 1 N–H and O–H groups in total. The van der Waals surface area contributed by atoms with Crippen molar-refractivity contribution in [2.45, 2.75) is 18.7 Å². The number of carbonyl (C=O) groups is 1. The lowest BCUT2D eigenvalue weighted by molar-refractivity contribution is 0.0950. The average Bonchev–Trinajstić information content (AvgIpc) is 3.31. The fourth-order valence-electron chi connectivity index (χ4n) is 2.69. The summed E-state index contributed by atoms with van der Waals surface area (Å²) in [6.07, 6.45) is 6.74. The molecular formula is C16H15N3OS3. The molecule has 0 fully saturated rings. The zero-order chi connectivity index (χ0) is 15.6. The van der Waals surface area contributed by atoms with Crippen molar-refractivity contribution < 1.29 is 4.79 Å². The molecule has 1 aliphatic heterocycles. The third kappa shape index (κ3) is 2.96. The Morgan fingerprint density at radius 3 is 3.00 bits per heavy atom. The predicted molar refractivity (Wildman–Crippen MR) is 96.8 cm³/mol. The first kappa shape index (κ1) is 15.0. The molecule has 0 radical (unpaired) electrons. The van der Waals surface area contributed by atoms with E-state index >= 15 is 0 Å². The van der Waals surface area contributed by atoms with Crippen LogP contribution in [0.25, 0.3) is 5.00 Å². The zero-order valence-corrected chi connectivity index (χ0v) is 14.8. The maximum Gasteiger partial charge on any atom is 0.254 e. The number of rotatable bonds is 4. The van der Waals surface area contributed by atoms with Crippen LogP contribution < -0.4 is 5.32 Å². The number of fused-ring (bicyclic) bond motifs is 1. The molecule has 0 atom stereocenters. The van der Waals surface area contributed by atoms with Crippen molar-refractivity contribution in [3.05, 3.63) is 57.1 Å². The van der Waals surface area contributed by atoms with Gasteiger partial charge >= 0.3 is 0 Å². The van der Waals surface area contributed by atoms with E-state index in [0.717, 1.165) is 33.5 Å². The molecule has 1 amide bonds. The third-order valence-corrected chi connectivity index (χ3v) is 6.94. The van der Waals surface area contributed by atoms with Crippen LogP contribution in [0, 0.1) is 0 Å². The molecule has 4 rings (SSSR count). The van der Waals surface area contributed by atoms with Crippen LogP contribution in [0.3, 0.4) is 0 Å². The Balaban J connectivity index is 1.68. The Bertz CT molecular complexity index is 806. The molecular weight excluding hydrogens is 346 g/mol. The van der Waals surface area contributed by atoms with Gasteiger partial charge in [0.1, 0.15) is 10.0 Å². The second-order valence-electron chi connectivity index (χ2n) is 5.19. The fourth-order valence-corrected chi connectivity index (χ4v) is 5.69. The van der Waals surface area contributed by atoms with Gasteiger partial charge in [0.25, 0.3) is 5.91 Å². The highest BCUT2D eigenvalue weighted by Gasteiger charge is 2.26. The highest BCUT2D eigenvalue weighted by Crippen LogP contribution is 2.38. The third-order valence-electron chi connectivity index (χ3n) is 3.75. The second kappa shape index (κ2) is 6.51. The van der Waals surface area contributed by atoms with Crippen LogP contribution in [0.5, 0.6) is 0 Å². The van der Waals surface area contributed by atoms with Crippen molar-refractivity contribution >= 4 is 40.3 Å². The van der Waals surface area contributed by atoms with Gasteiger partial charge in [-0.2, -0.15) is 11.8 Å². The SMILES string of the molecule is O=C(NCc1nccs1)c1c(-n2cccc2)sc2c1CCSC2. The van der Waals surface area contributed by atoms with Crippen molar-refractivity contribution in [1.29, 1.82) is 0 Å². The number of nitrogens with zero attached hydrogens (tertiary/aromatic N) is 2. The summed E-state index contributed by atoms with van der Waals surface area (Å²) < 4.78 is 2.05. The van der Waals surface area contributed by atoms with Crippen LogP contribution in [-0.4, -0.2) is 21.2 Å². The molecule has 23 heavy (non-hydrogen) atoms. The van der Waals surface area contributed by atoms with E-state index in [2.05, 4.69) is 10.3 Å². The molecule has 0 spiro atoms. The lowest BCUT2D eigenvalue weighted by Crippen LogP contribution is -2.25. The summed E-state index contributed by atoms with van der Waals surface area (Å²) in [5, 5.41) is 6.92. The molecule has 3 aromatic rings. The topological polar surface area (TPSA) is 46.9 Å². The number of aromatic nitrogens is 2. The molecule has 3 aromatic heterocycles. The Morgan fingerprint density at radius 1 is 1.35 bits per heavy atom. The lowest BCUT2D eigenvalue weighted by Gasteiger charge is -2.13. The van der Waals surface area contributed by atoms with Crippen LogP contribution >= 0.6 is 34.4 Å². The van der Waals surface area contributed by atoms with E-state index in [9.17, 15) is 4.79 Å². The largest absolute Gasteiger partial charge is 0.345 e. The van der Waals surface area contributed by atoms with Gasteiger partial charge in [-0.25, -0.2) is 4.98 Å². The lowest BCUT2D eigenvalue weighted by atomic mass is 10.1. The minimum Gasteiger partial charge on any atom is -0.345 e. The molecule has 0 aromatic carbocycles. The summed E-state index contributed by atoms with van der Waals surface area (Å²) in [5.74, 6) is 2.10. The first-order chi connectivity index (χ1) is 11.3. The van der Waals surface area contributed by atoms with Crippen molar-refractivity contribution in [3.63, 3.8) is 0 Å². The van der Waals surface area contributed by atoms with Gasteiger partial charge in [-0.1, -0.05) is 0 Å². The maximum atomic E-state index is 12.8.